The number of halogens is 1. The summed E-state index contributed by atoms with van der Waals surface area (Å²) >= 11 is 0. The zero-order valence-electron chi connectivity index (χ0n) is 16.7. The molecule has 8 nitrogen and oxygen atoms in total. The number of ether oxygens (including phenoxy) is 2. The fraction of sp³-hybridized carbons (Fsp3) is 0.350. The van der Waals surface area contributed by atoms with Crippen LogP contribution in [0.3, 0.4) is 0 Å². The summed E-state index contributed by atoms with van der Waals surface area (Å²) in [6.07, 6.45) is 4.43. The molecule has 2 aromatic heterocycles. The second-order valence-corrected chi connectivity index (χ2v) is 6.28. The Bertz CT molecular complexity index is 944. The van der Waals surface area contributed by atoms with Gasteiger partial charge in [0.1, 0.15) is 5.82 Å². The van der Waals surface area contributed by atoms with Gasteiger partial charge in [0.25, 0.3) is 0 Å². The quantitative estimate of drug-likeness (QED) is 0.199. The van der Waals surface area contributed by atoms with Gasteiger partial charge in [0.2, 0.25) is 0 Å². The third-order valence-electron chi connectivity index (χ3n) is 4.39. The van der Waals surface area contributed by atoms with Crippen LogP contribution in [-0.4, -0.2) is 47.9 Å². The third-order valence-corrected chi connectivity index (χ3v) is 4.39. The van der Waals surface area contributed by atoms with Crippen molar-refractivity contribution in [1.29, 1.82) is 0 Å². The maximum atomic E-state index is 5.95. The van der Waals surface area contributed by atoms with Gasteiger partial charge in [-0.1, -0.05) is 12.1 Å². The first kappa shape index (κ1) is 22.7. The van der Waals surface area contributed by atoms with Crippen LogP contribution >= 0.6 is 24.0 Å². The molecule has 0 fully saturated rings. The molecule has 0 radical (unpaired) electrons. The molecular weight excluding hydrogens is 483 g/mol. The standard InChI is InChI=1S/C20H26N6O2.HI/c1-27-16-9-8-15(14-17(16)28-2)10-12-23-20(21)22-11-5-7-19-25-24-18-6-3-4-13-26(18)19;/h3-4,6,8-9,13-14H,5,7,10-12H2,1-2H3,(H3,21,22,23);1H. The van der Waals surface area contributed by atoms with E-state index in [2.05, 4.69) is 20.5 Å². The van der Waals surface area contributed by atoms with E-state index in [9.17, 15) is 0 Å². The smallest absolute Gasteiger partial charge is 0.188 e. The Morgan fingerprint density at radius 1 is 1.10 bits per heavy atom. The summed E-state index contributed by atoms with van der Waals surface area (Å²) in [6.45, 7) is 1.33. The largest absolute Gasteiger partial charge is 0.493 e. The van der Waals surface area contributed by atoms with Crippen LogP contribution in [0.1, 0.15) is 17.8 Å². The predicted octanol–water partition coefficient (Wildman–Crippen LogP) is 2.44. The number of aliphatic imine (C=N–C) groups is 1. The van der Waals surface area contributed by atoms with Crippen LogP contribution in [0.4, 0.5) is 0 Å². The van der Waals surface area contributed by atoms with Crippen LogP contribution in [-0.2, 0) is 12.8 Å². The van der Waals surface area contributed by atoms with Gasteiger partial charge in [0.15, 0.2) is 23.1 Å². The lowest BCUT2D eigenvalue weighted by Gasteiger charge is -2.10. The summed E-state index contributed by atoms with van der Waals surface area (Å²) in [5.41, 5.74) is 7.95. The Labute approximate surface area is 187 Å². The van der Waals surface area contributed by atoms with Crippen molar-refractivity contribution < 1.29 is 9.47 Å². The molecule has 0 saturated carbocycles. The van der Waals surface area contributed by atoms with Crippen molar-refractivity contribution in [1.82, 2.24) is 19.9 Å². The normalized spacial score (nSPS) is 11.2. The highest BCUT2D eigenvalue weighted by atomic mass is 127. The molecule has 0 atom stereocenters. The molecule has 2 heterocycles. The zero-order chi connectivity index (χ0) is 19.8. The molecule has 9 heteroatoms. The summed E-state index contributed by atoms with van der Waals surface area (Å²) in [7, 11) is 3.26. The summed E-state index contributed by atoms with van der Waals surface area (Å²) in [5, 5.41) is 11.5. The van der Waals surface area contributed by atoms with E-state index in [1.165, 1.54) is 0 Å². The minimum Gasteiger partial charge on any atom is -0.493 e. The molecule has 29 heavy (non-hydrogen) atoms. The van der Waals surface area contributed by atoms with Crippen molar-refractivity contribution in [3.63, 3.8) is 0 Å². The lowest BCUT2D eigenvalue weighted by atomic mass is 10.1. The lowest BCUT2D eigenvalue weighted by molar-refractivity contribution is 0.354. The number of benzene rings is 1. The first-order valence-electron chi connectivity index (χ1n) is 9.24. The zero-order valence-corrected chi connectivity index (χ0v) is 19.0. The number of hydrogen-bond acceptors (Lipinski definition) is 5. The number of nitrogens with two attached hydrogens (primary N) is 1. The second-order valence-electron chi connectivity index (χ2n) is 6.28. The van der Waals surface area contributed by atoms with Crippen molar-refractivity contribution in [2.24, 2.45) is 10.7 Å². The highest BCUT2D eigenvalue weighted by Crippen LogP contribution is 2.27. The van der Waals surface area contributed by atoms with Gasteiger partial charge in [0.05, 0.1) is 14.2 Å². The number of fused-ring (bicyclic) bond motifs is 1. The Morgan fingerprint density at radius 3 is 2.72 bits per heavy atom. The molecule has 0 spiro atoms. The van der Waals surface area contributed by atoms with Crippen molar-refractivity contribution >= 4 is 35.6 Å². The Kier molecular flexibility index (Phi) is 8.97. The molecule has 3 N–H and O–H groups in total. The molecule has 3 rings (SSSR count). The summed E-state index contributed by atoms with van der Waals surface area (Å²) in [6, 6.07) is 11.7. The number of rotatable bonds is 9. The van der Waals surface area contributed by atoms with Crippen LogP contribution in [0.5, 0.6) is 11.5 Å². The third kappa shape index (κ3) is 6.21. The van der Waals surface area contributed by atoms with Gasteiger partial charge in [-0.15, -0.1) is 34.2 Å². The first-order valence-corrected chi connectivity index (χ1v) is 9.24. The van der Waals surface area contributed by atoms with E-state index in [0.29, 0.717) is 19.0 Å². The van der Waals surface area contributed by atoms with Crippen molar-refractivity contribution in [2.75, 3.05) is 27.3 Å². The highest BCUT2D eigenvalue weighted by Gasteiger charge is 2.05. The van der Waals surface area contributed by atoms with Gasteiger partial charge in [-0.3, -0.25) is 9.39 Å². The number of nitrogens with zero attached hydrogens (tertiary/aromatic N) is 4. The lowest BCUT2D eigenvalue weighted by Crippen LogP contribution is -2.33. The van der Waals surface area contributed by atoms with Gasteiger partial charge in [-0.05, 0) is 42.7 Å². The van der Waals surface area contributed by atoms with Crippen LogP contribution in [0.25, 0.3) is 5.65 Å². The monoisotopic (exact) mass is 510 g/mol. The average Bonchev–Trinajstić information content (AvgIpc) is 3.14. The number of pyridine rings is 1. The van der Waals surface area contributed by atoms with Crippen LogP contribution in [0, 0.1) is 0 Å². The van der Waals surface area contributed by atoms with E-state index in [1.54, 1.807) is 14.2 Å². The van der Waals surface area contributed by atoms with E-state index < -0.39 is 0 Å². The van der Waals surface area contributed by atoms with Gasteiger partial charge in [-0.2, -0.15) is 0 Å². The van der Waals surface area contributed by atoms with Crippen molar-refractivity contribution in [3.8, 4) is 11.5 Å². The average molecular weight is 510 g/mol. The molecule has 1 aromatic carbocycles. The molecular formula is C20H27IN6O2. The molecule has 0 bridgehead atoms. The fourth-order valence-electron chi connectivity index (χ4n) is 2.93. The molecule has 156 valence electrons. The van der Waals surface area contributed by atoms with Crippen LogP contribution in [0.15, 0.2) is 47.6 Å². The van der Waals surface area contributed by atoms with Crippen LogP contribution < -0.4 is 20.5 Å². The number of aromatic nitrogens is 3. The summed E-state index contributed by atoms with van der Waals surface area (Å²) in [5.74, 6) is 2.83. The Balaban J connectivity index is 0.00000300. The van der Waals surface area contributed by atoms with Crippen molar-refractivity contribution in [3.05, 3.63) is 54.0 Å². The highest BCUT2D eigenvalue weighted by molar-refractivity contribution is 14.0. The van der Waals surface area contributed by atoms with Gasteiger partial charge in [-0.25, -0.2) is 0 Å². The van der Waals surface area contributed by atoms with E-state index in [-0.39, 0.29) is 24.0 Å². The fourth-order valence-corrected chi connectivity index (χ4v) is 2.93. The van der Waals surface area contributed by atoms with Crippen molar-refractivity contribution in [2.45, 2.75) is 19.3 Å². The molecule has 0 aliphatic rings. The number of methoxy groups -OCH3 is 2. The summed E-state index contributed by atoms with van der Waals surface area (Å²) < 4.78 is 12.6. The van der Waals surface area contributed by atoms with E-state index in [0.717, 1.165) is 47.8 Å². The summed E-state index contributed by atoms with van der Waals surface area (Å²) in [4.78, 5) is 4.38. The minimum absolute atomic E-state index is 0. The molecule has 3 aromatic rings. The van der Waals surface area contributed by atoms with E-state index in [1.807, 2.05) is 47.0 Å². The first-order chi connectivity index (χ1) is 13.7. The molecule has 0 saturated heterocycles. The predicted molar refractivity (Wildman–Crippen MR) is 124 cm³/mol. The molecule has 0 aliphatic carbocycles. The number of hydrogen-bond donors (Lipinski definition) is 2. The maximum absolute atomic E-state index is 5.95. The number of aryl methyl sites for hydroxylation is 1. The second kappa shape index (κ2) is 11.4. The Morgan fingerprint density at radius 2 is 1.93 bits per heavy atom. The van der Waals surface area contributed by atoms with E-state index in [4.69, 9.17) is 15.2 Å². The molecule has 0 unspecified atom stereocenters. The SMILES string of the molecule is COc1ccc(CCNC(N)=NCCCc2nnc3ccccn23)cc1OC.I. The van der Waals surface area contributed by atoms with Gasteiger partial charge in [0, 0.05) is 25.7 Å². The molecule has 0 amide bonds. The maximum Gasteiger partial charge on any atom is 0.188 e. The van der Waals surface area contributed by atoms with Gasteiger partial charge < -0.3 is 20.5 Å². The number of nitrogens with one attached hydrogen (secondary N) is 1. The number of guanidine groups is 1. The van der Waals surface area contributed by atoms with Crippen LogP contribution in [0.2, 0.25) is 0 Å². The van der Waals surface area contributed by atoms with E-state index >= 15 is 0 Å². The minimum atomic E-state index is 0. The molecule has 0 aliphatic heterocycles. The van der Waals surface area contributed by atoms with Gasteiger partial charge >= 0.3 is 0 Å². The topological polar surface area (TPSA) is 99.1 Å². The Hall–Kier alpha value is -2.56.